The van der Waals surface area contributed by atoms with Crippen LogP contribution in [0.3, 0.4) is 0 Å². The van der Waals surface area contributed by atoms with E-state index in [0.717, 1.165) is 17.5 Å². The van der Waals surface area contributed by atoms with Crippen LogP contribution < -0.4 is 0 Å². The van der Waals surface area contributed by atoms with Crippen LogP contribution in [0.1, 0.15) is 19.7 Å². The largest absolute Gasteiger partial charge is 0.331 e. The summed E-state index contributed by atoms with van der Waals surface area (Å²) in [4.78, 5) is 8.34. The average molecular weight is 329 g/mol. The molecule has 3 aromatic rings. The molecule has 0 aliphatic heterocycles. The number of hydrogen-bond acceptors (Lipinski definition) is 3. The summed E-state index contributed by atoms with van der Waals surface area (Å²) in [6.45, 7) is 4.94. The highest BCUT2D eigenvalue weighted by atomic mass is 35.5. The van der Waals surface area contributed by atoms with Gasteiger partial charge in [-0.05, 0) is 23.6 Å². The van der Waals surface area contributed by atoms with Gasteiger partial charge in [0.2, 0.25) is 5.82 Å². The predicted molar refractivity (Wildman–Crippen MR) is 87.5 cm³/mol. The van der Waals surface area contributed by atoms with Crippen molar-refractivity contribution in [1.82, 2.24) is 14.5 Å². The predicted octanol–water partition coefficient (Wildman–Crippen LogP) is 4.42. The first kappa shape index (κ1) is 15.4. The Balaban J connectivity index is 2.24. The molecule has 0 fully saturated rings. The Bertz CT molecular complexity index is 924. The van der Waals surface area contributed by atoms with Gasteiger partial charge in [-0.2, -0.15) is 5.26 Å². The number of fused-ring (bicyclic) bond motifs is 1. The third-order valence-corrected chi connectivity index (χ3v) is 3.81. The van der Waals surface area contributed by atoms with E-state index in [9.17, 15) is 4.39 Å². The third-order valence-electron chi connectivity index (χ3n) is 3.51. The highest BCUT2D eigenvalue weighted by molar-refractivity contribution is 6.30. The van der Waals surface area contributed by atoms with Crippen LogP contribution in [-0.2, 0) is 6.54 Å². The smallest absolute Gasteiger partial charge is 0.234 e. The number of rotatable bonds is 3. The summed E-state index contributed by atoms with van der Waals surface area (Å²) in [6, 6.07) is 6.64. The monoisotopic (exact) mass is 328 g/mol. The number of benzene rings is 1. The Morgan fingerprint density at radius 2 is 2.17 bits per heavy atom. The van der Waals surface area contributed by atoms with Crippen molar-refractivity contribution in [1.29, 1.82) is 5.26 Å². The SMILES string of the molecule is CC(C)Cn1cc(-c2ccc(Cl)c(F)c2)c2cnc(C#N)nc21. The van der Waals surface area contributed by atoms with Crippen LogP contribution in [0.15, 0.2) is 30.6 Å². The van der Waals surface area contributed by atoms with Gasteiger partial charge in [0.15, 0.2) is 0 Å². The van der Waals surface area contributed by atoms with Crippen molar-refractivity contribution < 1.29 is 4.39 Å². The lowest BCUT2D eigenvalue weighted by atomic mass is 10.1. The van der Waals surface area contributed by atoms with Crippen molar-refractivity contribution in [3.05, 3.63) is 47.3 Å². The molecule has 116 valence electrons. The molecule has 0 saturated heterocycles. The van der Waals surface area contributed by atoms with E-state index >= 15 is 0 Å². The quantitative estimate of drug-likeness (QED) is 0.715. The summed E-state index contributed by atoms with van der Waals surface area (Å²) in [5.41, 5.74) is 2.20. The molecule has 0 atom stereocenters. The number of nitrogens with zero attached hydrogens (tertiary/aromatic N) is 4. The zero-order chi connectivity index (χ0) is 16.6. The summed E-state index contributed by atoms with van der Waals surface area (Å²) in [5.74, 6) is 0.0545. The molecule has 0 aliphatic rings. The number of halogens is 2. The fraction of sp³-hybridized carbons (Fsp3) is 0.235. The van der Waals surface area contributed by atoms with E-state index in [0.29, 0.717) is 17.1 Å². The zero-order valence-electron chi connectivity index (χ0n) is 12.7. The molecule has 0 N–H and O–H groups in total. The Kier molecular flexibility index (Phi) is 4.01. The van der Waals surface area contributed by atoms with E-state index in [1.54, 1.807) is 12.3 Å². The molecule has 2 aromatic heterocycles. The van der Waals surface area contributed by atoms with Crippen LogP contribution in [0.25, 0.3) is 22.2 Å². The molecule has 0 aliphatic carbocycles. The van der Waals surface area contributed by atoms with Gasteiger partial charge < -0.3 is 4.57 Å². The molecule has 4 nitrogen and oxygen atoms in total. The molecule has 0 spiro atoms. The van der Waals surface area contributed by atoms with Crippen molar-refractivity contribution in [3.63, 3.8) is 0 Å². The van der Waals surface area contributed by atoms with E-state index in [1.807, 2.05) is 16.8 Å². The highest BCUT2D eigenvalue weighted by Crippen LogP contribution is 2.31. The van der Waals surface area contributed by atoms with Crippen LogP contribution in [0.2, 0.25) is 5.02 Å². The topological polar surface area (TPSA) is 54.5 Å². The molecule has 0 unspecified atom stereocenters. The molecule has 0 radical (unpaired) electrons. The molecule has 2 heterocycles. The van der Waals surface area contributed by atoms with Crippen molar-refractivity contribution in [2.75, 3.05) is 0 Å². The summed E-state index contributed by atoms with van der Waals surface area (Å²) in [6.07, 6.45) is 3.53. The average Bonchev–Trinajstić information content (AvgIpc) is 2.87. The zero-order valence-corrected chi connectivity index (χ0v) is 13.5. The Hall–Kier alpha value is -2.45. The summed E-state index contributed by atoms with van der Waals surface area (Å²) in [7, 11) is 0. The van der Waals surface area contributed by atoms with Crippen LogP contribution in [0.5, 0.6) is 0 Å². The highest BCUT2D eigenvalue weighted by Gasteiger charge is 2.15. The minimum Gasteiger partial charge on any atom is -0.331 e. The lowest BCUT2D eigenvalue weighted by Crippen LogP contribution is -2.04. The minimum absolute atomic E-state index is 0.0858. The van der Waals surface area contributed by atoms with E-state index < -0.39 is 5.82 Å². The summed E-state index contributed by atoms with van der Waals surface area (Å²) >= 11 is 5.76. The lowest BCUT2D eigenvalue weighted by Gasteiger charge is -2.07. The van der Waals surface area contributed by atoms with E-state index in [1.165, 1.54) is 12.1 Å². The maximum Gasteiger partial charge on any atom is 0.234 e. The molecule has 3 rings (SSSR count). The molecule has 0 bridgehead atoms. The van der Waals surface area contributed by atoms with E-state index in [2.05, 4.69) is 23.8 Å². The second-order valence-electron chi connectivity index (χ2n) is 5.76. The van der Waals surface area contributed by atoms with Crippen molar-refractivity contribution in [2.45, 2.75) is 20.4 Å². The fourth-order valence-electron chi connectivity index (χ4n) is 2.55. The van der Waals surface area contributed by atoms with Gasteiger partial charge in [0.05, 0.1) is 5.02 Å². The standard InChI is InChI=1S/C17H14ClFN4/c1-10(2)8-23-9-13(11-3-4-14(18)15(19)5-11)12-7-21-16(6-20)22-17(12)23/h3-5,7,9-10H,8H2,1-2H3. The first-order chi connectivity index (χ1) is 11.0. The van der Waals surface area contributed by atoms with Crippen molar-refractivity contribution in [2.24, 2.45) is 5.92 Å². The second-order valence-corrected chi connectivity index (χ2v) is 6.17. The molecule has 1 aromatic carbocycles. The van der Waals surface area contributed by atoms with Gasteiger partial charge in [-0.25, -0.2) is 14.4 Å². The van der Waals surface area contributed by atoms with Gasteiger partial charge in [0.25, 0.3) is 0 Å². The molecule has 0 amide bonds. The lowest BCUT2D eigenvalue weighted by molar-refractivity contribution is 0.533. The first-order valence-corrected chi connectivity index (χ1v) is 7.58. The fourth-order valence-corrected chi connectivity index (χ4v) is 2.67. The van der Waals surface area contributed by atoms with Gasteiger partial charge in [0, 0.05) is 29.9 Å². The number of hydrogen-bond donors (Lipinski definition) is 0. The number of nitriles is 1. The Morgan fingerprint density at radius 3 is 2.83 bits per heavy atom. The van der Waals surface area contributed by atoms with Crippen molar-refractivity contribution in [3.8, 4) is 17.2 Å². The Morgan fingerprint density at radius 1 is 1.39 bits per heavy atom. The minimum atomic E-state index is -0.469. The maximum absolute atomic E-state index is 13.8. The summed E-state index contributed by atoms with van der Waals surface area (Å²) in [5, 5.41) is 9.88. The van der Waals surface area contributed by atoms with Crippen LogP contribution in [0, 0.1) is 23.1 Å². The van der Waals surface area contributed by atoms with Gasteiger partial charge >= 0.3 is 0 Å². The van der Waals surface area contributed by atoms with Gasteiger partial charge in [0.1, 0.15) is 17.5 Å². The molecule has 23 heavy (non-hydrogen) atoms. The van der Waals surface area contributed by atoms with Gasteiger partial charge in [-0.15, -0.1) is 0 Å². The maximum atomic E-state index is 13.8. The van der Waals surface area contributed by atoms with Gasteiger partial charge in [-0.1, -0.05) is 31.5 Å². The van der Waals surface area contributed by atoms with Crippen LogP contribution >= 0.6 is 11.6 Å². The molecular formula is C17H14ClFN4. The Labute approximate surface area is 138 Å². The normalized spacial score (nSPS) is 11.1. The van der Waals surface area contributed by atoms with Gasteiger partial charge in [-0.3, -0.25) is 0 Å². The van der Waals surface area contributed by atoms with Crippen LogP contribution in [-0.4, -0.2) is 14.5 Å². The number of aromatic nitrogens is 3. The van der Waals surface area contributed by atoms with E-state index in [-0.39, 0.29) is 10.8 Å². The third kappa shape index (κ3) is 2.90. The van der Waals surface area contributed by atoms with Crippen LogP contribution in [0.4, 0.5) is 4.39 Å². The second kappa shape index (κ2) is 5.98. The first-order valence-electron chi connectivity index (χ1n) is 7.21. The molecular weight excluding hydrogens is 315 g/mol. The molecule has 0 saturated carbocycles. The molecule has 6 heteroatoms. The summed E-state index contributed by atoms with van der Waals surface area (Å²) < 4.78 is 15.8. The van der Waals surface area contributed by atoms with E-state index in [4.69, 9.17) is 16.9 Å². The van der Waals surface area contributed by atoms with Crippen molar-refractivity contribution >= 4 is 22.6 Å².